The number of esters is 1. The van der Waals surface area contributed by atoms with Gasteiger partial charge in [0.2, 0.25) is 0 Å². The van der Waals surface area contributed by atoms with Crippen LogP contribution in [0, 0.1) is 0 Å². The standard InChI is InChI=1S/C17H17N3O3S2/c1-2-18-17(22)19-9-10-23-16(21)14-8-7-13(24-14)15-20-11-5-3-4-6-12(11)25-15/h3-8H,2,9-10H2,1H3,(H2,18,19,22). The van der Waals surface area contributed by atoms with Gasteiger partial charge in [-0.05, 0) is 31.2 Å². The Kier molecular flexibility index (Phi) is 5.62. The van der Waals surface area contributed by atoms with Crippen molar-refractivity contribution in [1.82, 2.24) is 15.6 Å². The molecule has 3 rings (SSSR count). The normalized spacial score (nSPS) is 10.6. The zero-order chi connectivity index (χ0) is 17.6. The zero-order valence-corrected chi connectivity index (χ0v) is 15.2. The first-order chi connectivity index (χ1) is 12.2. The average molecular weight is 375 g/mol. The molecule has 0 radical (unpaired) electrons. The van der Waals surface area contributed by atoms with E-state index in [0.29, 0.717) is 11.4 Å². The fourth-order valence-corrected chi connectivity index (χ4v) is 4.06. The van der Waals surface area contributed by atoms with E-state index in [-0.39, 0.29) is 19.2 Å². The number of aromatic nitrogens is 1. The third-order valence-electron chi connectivity index (χ3n) is 3.27. The summed E-state index contributed by atoms with van der Waals surface area (Å²) in [6.07, 6.45) is 0. The number of thiophene rings is 1. The monoisotopic (exact) mass is 375 g/mol. The van der Waals surface area contributed by atoms with E-state index in [0.717, 1.165) is 20.1 Å². The fraction of sp³-hybridized carbons (Fsp3) is 0.235. The second-order valence-electron chi connectivity index (χ2n) is 5.07. The molecule has 25 heavy (non-hydrogen) atoms. The van der Waals surface area contributed by atoms with Gasteiger partial charge in [0.05, 0.1) is 21.6 Å². The Morgan fingerprint density at radius 3 is 2.76 bits per heavy atom. The largest absolute Gasteiger partial charge is 0.460 e. The number of carbonyl (C=O) groups is 2. The highest BCUT2D eigenvalue weighted by molar-refractivity contribution is 7.26. The Morgan fingerprint density at radius 1 is 1.12 bits per heavy atom. The van der Waals surface area contributed by atoms with Crippen molar-refractivity contribution in [1.29, 1.82) is 0 Å². The summed E-state index contributed by atoms with van der Waals surface area (Å²) in [6.45, 7) is 2.78. The van der Waals surface area contributed by atoms with E-state index < -0.39 is 5.97 Å². The predicted octanol–water partition coefficient (Wildman–Crippen LogP) is 3.50. The number of ether oxygens (including phenoxy) is 1. The smallest absolute Gasteiger partial charge is 0.348 e. The number of urea groups is 1. The van der Waals surface area contributed by atoms with Crippen LogP contribution >= 0.6 is 22.7 Å². The molecule has 0 aliphatic carbocycles. The number of amides is 2. The highest BCUT2D eigenvalue weighted by Gasteiger charge is 2.14. The molecule has 0 saturated carbocycles. The number of carbonyl (C=O) groups excluding carboxylic acids is 2. The van der Waals surface area contributed by atoms with Crippen LogP contribution < -0.4 is 10.6 Å². The number of hydrogen-bond acceptors (Lipinski definition) is 6. The first-order valence-corrected chi connectivity index (χ1v) is 9.45. The third kappa shape index (κ3) is 4.34. The molecule has 0 atom stereocenters. The SMILES string of the molecule is CCNC(=O)NCCOC(=O)c1ccc(-c2nc3ccccc3s2)s1. The molecule has 1 aromatic carbocycles. The van der Waals surface area contributed by atoms with Gasteiger partial charge in [-0.15, -0.1) is 22.7 Å². The van der Waals surface area contributed by atoms with E-state index in [9.17, 15) is 9.59 Å². The van der Waals surface area contributed by atoms with E-state index in [1.807, 2.05) is 37.3 Å². The lowest BCUT2D eigenvalue weighted by atomic mass is 10.3. The Morgan fingerprint density at radius 2 is 1.96 bits per heavy atom. The van der Waals surface area contributed by atoms with Crippen LogP contribution in [0.3, 0.4) is 0 Å². The van der Waals surface area contributed by atoms with Crippen LogP contribution in [0.1, 0.15) is 16.6 Å². The van der Waals surface area contributed by atoms with E-state index in [1.165, 1.54) is 11.3 Å². The summed E-state index contributed by atoms with van der Waals surface area (Å²) in [5.41, 5.74) is 0.955. The Bertz CT molecular complexity index is 855. The number of para-hydroxylation sites is 1. The summed E-state index contributed by atoms with van der Waals surface area (Å²) in [5, 5.41) is 6.10. The minimum absolute atomic E-state index is 0.129. The maximum Gasteiger partial charge on any atom is 0.348 e. The molecule has 130 valence electrons. The summed E-state index contributed by atoms with van der Waals surface area (Å²) in [7, 11) is 0. The maximum absolute atomic E-state index is 12.1. The van der Waals surface area contributed by atoms with Crippen molar-refractivity contribution in [3.63, 3.8) is 0 Å². The Labute approximate surface area is 152 Å². The molecule has 2 aromatic heterocycles. The number of fused-ring (bicyclic) bond motifs is 1. The van der Waals surface area contributed by atoms with Gasteiger partial charge in [0.1, 0.15) is 16.5 Å². The van der Waals surface area contributed by atoms with Crippen molar-refractivity contribution in [3.8, 4) is 9.88 Å². The lowest BCUT2D eigenvalue weighted by Gasteiger charge is -2.06. The molecule has 0 aliphatic rings. The Hall–Kier alpha value is -2.45. The third-order valence-corrected chi connectivity index (χ3v) is 5.54. The summed E-state index contributed by atoms with van der Waals surface area (Å²) in [6, 6.07) is 11.3. The van der Waals surface area contributed by atoms with Crippen LogP contribution in [0.5, 0.6) is 0 Å². The van der Waals surface area contributed by atoms with E-state index in [2.05, 4.69) is 15.6 Å². The molecule has 0 fully saturated rings. The molecule has 0 unspecified atom stereocenters. The maximum atomic E-state index is 12.1. The van der Waals surface area contributed by atoms with Crippen LogP contribution in [0.4, 0.5) is 4.79 Å². The molecule has 2 amide bonds. The average Bonchev–Trinajstić information content (AvgIpc) is 3.25. The topological polar surface area (TPSA) is 80.3 Å². The van der Waals surface area contributed by atoms with Crippen molar-refractivity contribution >= 4 is 44.9 Å². The second kappa shape index (κ2) is 8.09. The van der Waals surface area contributed by atoms with Gasteiger partial charge in [-0.25, -0.2) is 14.6 Å². The minimum atomic E-state index is -0.393. The number of thiazole rings is 1. The van der Waals surface area contributed by atoms with Crippen molar-refractivity contribution in [2.75, 3.05) is 19.7 Å². The van der Waals surface area contributed by atoms with Gasteiger partial charge in [0.25, 0.3) is 0 Å². The highest BCUT2D eigenvalue weighted by atomic mass is 32.1. The van der Waals surface area contributed by atoms with Gasteiger partial charge in [-0.2, -0.15) is 0 Å². The van der Waals surface area contributed by atoms with Crippen molar-refractivity contribution in [2.45, 2.75) is 6.92 Å². The Balaban J connectivity index is 1.57. The number of hydrogen-bond donors (Lipinski definition) is 2. The molecule has 0 bridgehead atoms. The van der Waals surface area contributed by atoms with Crippen LogP contribution in [0.15, 0.2) is 36.4 Å². The summed E-state index contributed by atoms with van der Waals surface area (Å²) in [5.74, 6) is -0.393. The summed E-state index contributed by atoms with van der Waals surface area (Å²) >= 11 is 2.95. The van der Waals surface area contributed by atoms with Gasteiger partial charge >= 0.3 is 12.0 Å². The minimum Gasteiger partial charge on any atom is -0.460 e. The molecule has 6 nitrogen and oxygen atoms in total. The van der Waals surface area contributed by atoms with Crippen LogP contribution in [-0.4, -0.2) is 36.7 Å². The highest BCUT2D eigenvalue weighted by Crippen LogP contribution is 2.34. The molecule has 2 N–H and O–H groups in total. The molecule has 2 heterocycles. The van der Waals surface area contributed by atoms with Crippen LogP contribution in [0.2, 0.25) is 0 Å². The first kappa shape index (κ1) is 17.4. The molecular formula is C17H17N3O3S2. The number of rotatable bonds is 6. The summed E-state index contributed by atoms with van der Waals surface area (Å²) < 4.78 is 6.29. The predicted molar refractivity (Wildman–Crippen MR) is 100 cm³/mol. The first-order valence-electron chi connectivity index (χ1n) is 7.82. The molecule has 8 heteroatoms. The van der Waals surface area contributed by atoms with Crippen LogP contribution in [-0.2, 0) is 4.74 Å². The van der Waals surface area contributed by atoms with Crippen LogP contribution in [0.25, 0.3) is 20.1 Å². The molecule has 3 aromatic rings. The lowest BCUT2D eigenvalue weighted by Crippen LogP contribution is -2.37. The quantitative estimate of drug-likeness (QED) is 0.510. The van der Waals surface area contributed by atoms with Gasteiger partial charge in [-0.3, -0.25) is 0 Å². The van der Waals surface area contributed by atoms with E-state index in [1.54, 1.807) is 17.4 Å². The van der Waals surface area contributed by atoms with Gasteiger partial charge in [-0.1, -0.05) is 12.1 Å². The number of nitrogens with one attached hydrogen (secondary N) is 2. The van der Waals surface area contributed by atoms with E-state index >= 15 is 0 Å². The molecule has 0 aliphatic heterocycles. The molecular weight excluding hydrogens is 358 g/mol. The van der Waals surface area contributed by atoms with Gasteiger partial charge < -0.3 is 15.4 Å². The number of nitrogens with zero attached hydrogens (tertiary/aromatic N) is 1. The van der Waals surface area contributed by atoms with Crippen molar-refractivity contribution in [3.05, 3.63) is 41.3 Å². The summed E-state index contributed by atoms with van der Waals surface area (Å²) in [4.78, 5) is 29.3. The molecule has 0 spiro atoms. The van der Waals surface area contributed by atoms with E-state index in [4.69, 9.17) is 4.74 Å². The second-order valence-corrected chi connectivity index (χ2v) is 7.19. The van der Waals surface area contributed by atoms with Crippen molar-refractivity contribution in [2.24, 2.45) is 0 Å². The zero-order valence-electron chi connectivity index (χ0n) is 13.6. The van der Waals surface area contributed by atoms with Gasteiger partial charge in [0.15, 0.2) is 0 Å². The van der Waals surface area contributed by atoms with Gasteiger partial charge in [0, 0.05) is 6.54 Å². The number of benzene rings is 1. The fourth-order valence-electron chi connectivity index (χ4n) is 2.14. The van der Waals surface area contributed by atoms with Crippen molar-refractivity contribution < 1.29 is 14.3 Å². The molecule has 0 saturated heterocycles. The lowest BCUT2D eigenvalue weighted by molar-refractivity contribution is 0.0516.